The Balaban J connectivity index is 1.32. The van der Waals surface area contributed by atoms with Crippen LogP contribution in [-0.2, 0) is 18.0 Å². The van der Waals surface area contributed by atoms with Crippen LogP contribution in [0.15, 0.2) is 90.5 Å². The maximum atomic E-state index is 12.7. The average Bonchev–Trinajstić information content (AvgIpc) is 2.93. The van der Waals surface area contributed by atoms with Gasteiger partial charge in [-0.15, -0.1) is 0 Å². The lowest BCUT2D eigenvalue weighted by atomic mass is 10.1. The predicted octanol–water partition coefficient (Wildman–Crippen LogP) is 8.31. The van der Waals surface area contributed by atoms with Gasteiger partial charge in [-0.25, -0.2) is 0 Å². The molecule has 0 saturated heterocycles. The van der Waals surface area contributed by atoms with Crippen LogP contribution in [0.3, 0.4) is 0 Å². The topological polar surface area (TPSA) is 71.3 Å². The third-order valence-electron chi connectivity index (χ3n) is 6.05. The van der Waals surface area contributed by atoms with Crippen LogP contribution in [0.5, 0.6) is 11.5 Å². The first kappa shape index (κ1) is 27.8. The Morgan fingerprint density at radius 2 is 1.51 bits per heavy atom. The van der Waals surface area contributed by atoms with Crippen LogP contribution in [-0.4, -0.2) is 5.91 Å². The second-order valence-electron chi connectivity index (χ2n) is 8.95. The van der Waals surface area contributed by atoms with E-state index in [9.17, 15) is 10.1 Å². The van der Waals surface area contributed by atoms with E-state index in [4.69, 9.17) is 32.7 Å². The standard InChI is InChI=1S/C32H26Cl2N2O3/c1-21-3-4-24(15-22(21)2)19-38-29-11-5-23(6-12-29)16-26(18-35)32(37)36-28-9-13-30(14-10-28)39-20-25-7-8-27(33)17-31(25)34/h3-17H,19-20H2,1-2H3,(H,36,37)/b26-16+. The fourth-order valence-corrected chi connectivity index (χ4v) is 4.13. The normalized spacial score (nSPS) is 11.0. The summed E-state index contributed by atoms with van der Waals surface area (Å²) >= 11 is 12.1. The maximum absolute atomic E-state index is 12.7. The Hall–Kier alpha value is -4.24. The third kappa shape index (κ3) is 7.87. The van der Waals surface area contributed by atoms with Gasteiger partial charge in [-0.05, 0) is 90.7 Å². The summed E-state index contributed by atoms with van der Waals surface area (Å²) in [7, 11) is 0. The molecule has 0 bridgehead atoms. The molecule has 4 aromatic carbocycles. The summed E-state index contributed by atoms with van der Waals surface area (Å²) in [6.07, 6.45) is 1.54. The Kier molecular flexibility index (Phi) is 9.27. The summed E-state index contributed by atoms with van der Waals surface area (Å²) < 4.78 is 11.6. The molecule has 4 rings (SSSR count). The van der Waals surface area contributed by atoms with Crippen molar-refractivity contribution in [3.8, 4) is 17.6 Å². The third-order valence-corrected chi connectivity index (χ3v) is 6.64. The molecule has 0 saturated carbocycles. The zero-order valence-electron chi connectivity index (χ0n) is 21.5. The van der Waals surface area contributed by atoms with Gasteiger partial charge >= 0.3 is 0 Å². The molecule has 1 N–H and O–H groups in total. The lowest BCUT2D eigenvalue weighted by Gasteiger charge is -2.10. The number of carbonyl (C=O) groups excluding carboxylic acids is 1. The van der Waals surface area contributed by atoms with Gasteiger partial charge in [0.1, 0.15) is 36.4 Å². The number of hydrogen-bond acceptors (Lipinski definition) is 4. The highest BCUT2D eigenvalue weighted by molar-refractivity contribution is 6.35. The van der Waals surface area contributed by atoms with Gasteiger partial charge in [-0.1, -0.05) is 59.6 Å². The second-order valence-corrected chi connectivity index (χ2v) is 9.79. The van der Waals surface area contributed by atoms with Gasteiger partial charge in [0, 0.05) is 21.3 Å². The minimum absolute atomic E-state index is 0.0171. The zero-order valence-corrected chi connectivity index (χ0v) is 23.0. The number of hydrogen-bond donors (Lipinski definition) is 1. The van der Waals surface area contributed by atoms with Crippen molar-refractivity contribution < 1.29 is 14.3 Å². The summed E-state index contributed by atoms with van der Waals surface area (Å²) in [6, 6.07) is 27.5. The molecule has 0 radical (unpaired) electrons. The van der Waals surface area contributed by atoms with Crippen LogP contribution in [0.1, 0.15) is 27.8 Å². The monoisotopic (exact) mass is 556 g/mol. The summed E-state index contributed by atoms with van der Waals surface area (Å²) in [4.78, 5) is 12.7. The molecular formula is C32H26Cl2N2O3. The molecule has 1 amide bonds. The second kappa shape index (κ2) is 13.0. The molecule has 0 aromatic heterocycles. The Labute approximate surface area is 238 Å². The van der Waals surface area contributed by atoms with Crippen molar-refractivity contribution in [2.75, 3.05) is 5.32 Å². The van der Waals surface area contributed by atoms with Crippen LogP contribution in [0, 0.1) is 25.2 Å². The van der Waals surface area contributed by atoms with Crippen molar-refractivity contribution in [1.29, 1.82) is 5.26 Å². The van der Waals surface area contributed by atoms with Gasteiger partial charge < -0.3 is 14.8 Å². The van der Waals surface area contributed by atoms with Crippen LogP contribution in [0.25, 0.3) is 6.08 Å². The number of halogens is 2. The van der Waals surface area contributed by atoms with Crippen LogP contribution in [0.2, 0.25) is 10.0 Å². The van der Waals surface area contributed by atoms with Gasteiger partial charge in [0.2, 0.25) is 0 Å². The Morgan fingerprint density at radius 3 is 2.15 bits per heavy atom. The average molecular weight is 557 g/mol. The molecule has 0 aliphatic heterocycles. The van der Waals surface area contributed by atoms with Gasteiger partial charge in [0.15, 0.2) is 0 Å². The van der Waals surface area contributed by atoms with Gasteiger partial charge in [-0.2, -0.15) is 5.26 Å². The number of benzene rings is 4. The van der Waals surface area contributed by atoms with Gasteiger partial charge in [0.05, 0.1) is 0 Å². The van der Waals surface area contributed by atoms with Crippen LogP contribution >= 0.6 is 23.2 Å². The summed E-state index contributed by atoms with van der Waals surface area (Å²) in [5, 5.41) is 13.4. The fourth-order valence-electron chi connectivity index (χ4n) is 3.67. The molecule has 0 spiro atoms. The number of carbonyl (C=O) groups is 1. The van der Waals surface area contributed by atoms with Gasteiger partial charge in [0.25, 0.3) is 5.91 Å². The number of anilines is 1. The van der Waals surface area contributed by atoms with Crippen molar-refractivity contribution in [2.24, 2.45) is 0 Å². The molecule has 196 valence electrons. The fraction of sp³-hybridized carbons (Fsp3) is 0.125. The molecule has 0 heterocycles. The minimum atomic E-state index is -0.505. The van der Waals surface area contributed by atoms with Crippen molar-refractivity contribution >= 4 is 40.9 Å². The molecule has 0 aliphatic rings. The molecule has 7 heteroatoms. The van der Waals surface area contributed by atoms with E-state index in [2.05, 4.69) is 37.4 Å². The molecule has 0 fully saturated rings. The molecule has 0 aliphatic carbocycles. The first-order valence-electron chi connectivity index (χ1n) is 12.2. The smallest absolute Gasteiger partial charge is 0.266 e. The highest BCUT2D eigenvalue weighted by Crippen LogP contribution is 2.24. The van der Waals surface area contributed by atoms with Crippen molar-refractivity contribution in [2.45, 2.75) is 27.1 Å². The SMILES string of the molecule is Cc1ccc(COc2ccc(/C=C(\C#N)C(=O)Nc3ccc(OCc4ccc(Cl)cc4Cl)cc3)cc2)cc1C. The molecular weight excluding hydrogens is 531 g/mol. The largest absolute Gasteiger partial charge is 0.489 e. The first-order valence-corrected chi connectivity index (χ1v) is 13.0. The number of nitriles is 1. The number of amides is 1. The maximum Gasteiger partial charge on any atom is 0.266 e. The first-order chi connectivity index (χ1) is 18.8. The predicted molar refractivity (Wildman–Crippen MR) is 156 cm³/mol. The van der Waals surface area contributed by atoms with E-state index in [1.807, 2.05) is 24.3 Å². The van der Waals surface area contributed by atoms with Crippen LogP contribution in [0.4, 0.5) is 5.69 Å². The zero-order chi connectivity index (χ0) is 27.8. The summed E-state index contributed by atoms with van der Waals surface area (Å²) in [6.45, 7) is 4.89. The Morgan fingerprint density at radius 1 is 0.846 bits per heavy atom. The van der Waals surface area contributed by atoms with E-state index in [-0.39, 0.29) is 12.2 Å². The van der Waals surface area contributed by atoms with E-state index in [1.54, 1.807) is 48.5 Å². The van der Waals surface area contributed by atoms with Crippen LogP contribution < -0.4 is 14.8 Å². The number of nitrogens with zero attached hydrogens (tertiary/aromatic N) is 1. The van der Waals surface area contributed by atoms with Gasteiger partial charge in [-0.3, -0.25) is 4.79 Å². The minimum Gasteiger partial charge on any atom is -0.489 e. The number of nitrogens with one attached hydrogen (secondary N) is 1. The van der Waals surface area contributed by atoms with E-state index < -0.39 is 5.91 Å². The molecule has 5 nitrogen and oxygen atoms in total. The van der Waals surface area contributed by atoms with Crippen molar-refractivity contribution in [1.82, 2.24) is 0 Å². The quantitative estimate of drug-likeness (QED) is 0.166. The Bertz CT molecular complexity index is 1540. The summed E-state index contributed by atoms with van der Waals surface area (Å²) in [5.41, 5.74) is 5.60. The molecule has 39 heavy (non-hydrogen) atoms. The number of rotatable bonds is 9. The lowest BCUT2D eigenvalue weighted by molar-refractivity contribution is -0.112. The van der Waals surface area contributed by atoms with E-state index in [1.165, 1.54) is 17.2 Å². The molecule has 4 aromatic rings. The highest BCUT2D eigenvalue weighted by atomic mass is 35.5. The summed E-state index contributed by atoms with van der Waals surface area (Å²) in [5.74, 6) is 0.804. The highest BCUT2D eigenvalue weighted by Gasteiger charge is 2.10. The van der Waals surface area contributed by atoms with E-state index in [0.717, 1.165) is 11.1 Å². The lowest BCUT2D eigenvalue weighted by Crippen LogP contribution is -2.13. The molecule has 0 unspecified atom stereocenters. The van der Waals surface area contributed by atoms with E-state index >= 15 is 0 Å². The molecule has 0 atom stereocenters. The van der Waals surface area contributed by atoms with Crippen molar-refractivity contribution in [3.63, 3.8) is 0 Å². The number of aryl methyl sites for hydroxylation is 2. The number of ether oxygens (including phenoxy) is 2. The van der Waals surface area contributed by atoms with E-state index in [0.29, 0.717) is 39.4 Å². The van der Waals surface area contributed by atoms with Crippen molar-refractivity contribution in [3.05, 3.63) is 128 Å².